The zero-order chi connectivity index (χ0) is 14.5. The fraction of sp³-hybridized carbons (Fsp3) is 0.294. The third kappa shape index (κ3) is 3.56. The average Bonchev–Trinajstić information content (AvgIpc) is 2.48. The molecule has 0 bridgehead atoms. The minimum atomic E-state index is -0.208. The summed E-state index contributed by atoms with van der Waals surface area (Å²) in [7, 11) is 0. The van der Waals surface area contributed by atoms with Crippen LogP contribution in [0.1, 0.15) is 35.9 Å². The molecule has 3 heteroatoms. The molecule has 1 nitrogen and oxygen atoms in total. The largest absolute Gasteiger partial charge is 0.494 e. The second kappa shape index (κ2) is 7.14. The molecule has 0 aliphatic heterocycles. The number of hydrogen-bond donors (Lipinski definition) is 0. The Labute approximate surface area is 134 Å². The second-order valence-corrected chi connectivity index (χ2v) is 5.92. The van der Waals surface area contributed by atoms with E-state index < -0.39 is 0 Å². The zero-order valence-electron chi connectivity index (χ0n) is 11.7. The van der Waals surface area contributed by atoms with Gasteiger partial charge in [-0.2, -0.15) is 0 Å². The highest BCUT2D eigenvalue weighted by molar-refractivity contribution is 9.10. The molecule has 0 amide bonds. The van der Waals surface area contributed by atoms with Crippen LogP contribution in [0.25, 0.3) is 0 Å². The van der Waals surface area contributed by atoms with E-state index in [1.54, 1.807) is 0 Å². The van der Waals surface area contributed by atoms with Crippen LogP contribution >= 0.6 is 27.5 Å². The van der Waals surface area contributed by atoms with Crippen LogP contribution < -0.4 is 4.74 Å². The number of alkyl halides is 1. The smallest absolute Gasteiger partial charge is 0.124 e. The number of rotatable bonds is 5. The quantitative estimate of drug-likeness (QED) is 0.623. The first-order valence-corrected chi connectivity index (χ1v) is 8.03. The molecule has 0 heterocycles. The third-order valence-electron chi connectivity index (χ3n) is 3.23. The minimum absolute atomic E-state index is 0.208. The summed E-state index contributed by atoms with van der Waals surface area (Å²) in [5.41, 5.74) is 3.40. The van der Waals surface area contributed by atoms with E-state index in [0.29, 0.717) is 6.61 Å². The maximum absolute atomic E-state index is 6.64. The molecule has 20 heavy (non-hydrogen) atoms. The normalized spacial score (nSPS) is 12.2. The van der Waals surface area contributed by atoms with Crippen LogP contribution in [0.2, 0.25) is 0 Å². The van der Waals surface area contributed by atoms with Crippen LogP contribution in [-0.2, 0) is 6.42 Å². The summed E-state index contributed by atoms with van der Waals surface area (Å²) in [6.45, 7) is 4.76. The van der Waals surface area contributed by atoms with Gasteiger partial charge in [-0.15, -0.1) is 11.6 Å². The summed E-state index contributed by atoms with van der Waals surface area (Å²) in [5, 5.41) is -0.208. The van der Waals surface area contributed by atoms with Crippen LogP contribution in [0.15, 0.2) is 46.9 Å². The van der Waals surface area contributed by atoms with Gasteiger partial charge in [-0.25, -0.2) is 0 Å². The molecule has 0 saturated heterocycles. The van der Waals surface area contributed by atoms with Gasteiger partial charge in [-0.1, -0.05) is 47.1 Å². The zero-order valence-corrected chi connectivity index (χ0v) is 14.0. The molecule has 0 aliphatic rings. The first kappa shape index (κ1) is 15.4. The van der Waals surface area contributed by atoms with Crippen molar-refractivity contribution in [3.05, 3.63) is 63.6 Å². The van der Waals surface area contributed by atoms with Crippen molar-refractivity contribution in [3.63, 3.8) is 0 Å². The lowest BCUT2D eigenvalue weighted by atomic mass is 10.0. The summed E-state index contributed by atoms with van der Waals surface area (Å²) in [6, 6.07) is 14.4. The monoisotopic (exact) mass is 352 g/mol. The Kier molecular flexibility index (Phi) is 5.50. The summed E-state index contributed by atoms with van der Waals surface area (Å²) in [6.07, 6.45) is 1.04. The Morgan fingerprint density at radius 3 is 2.40 bits per heavy atom. The van der Waals surface area contributed by atoms with Crippen molar-refractivity contribution in [3.8, 4) is 5.75 Å². The van der Waals surface area contributed by atoms with Gasteiger partial charge >= 0.3 is 0 Å². The van der Waals surface area contributed by atoms with Gasteiger partial charge in [0.1, 0.15) is 5.75 Å². The molecular weight excluding hydrogens is 336 g/mol. The molecule has 0 N–H and O–H groups in total. The van der Waals surface area contributed by atoms with Gasteiger partial charge in [0, 0.05) is 10.0 Å². The van der Waals surface area contributed by atoms with Gasteiger partial charge in [0.25, 0.3) is 0 Å². The van der Waals surface area contributed by atoms with Crippen molar-refractivity contribution in [2.45, 2.75) is 25.6 Å². The molecule has 106 valence electrons. The predicted octanol–water partition coefficient (Wildman–Crippen LogP) is 5.74. The molecule has 0 saturated carbocycles. The van der Waals surface area contributed by atoms with Gasteiger partial charge in [0.05, 0.1) is 12.0 Å². The Bertz CT molecular complexity index is 566. The summed E-state index contributed by atoms with van der Waals surface area (Å²) >= 11 is 10.1. The summed E-state index contributed by atoms with van der Waals surface area (Å²) in [5.74, 6) is 0.843. The van der Waals surface area contributed by atoms with Crippen molar-refractivity contribution in [1.82, 2.24) is 0 Å². The second-order valence-electron chi connectivity index (χ2n) is 4.57. The first-order chi connectivity index (χ1) is 9.65. The van der Waals surface area contributed by atoms with Gasteiger partial charge in [0.2, 0.25) is 0 Å². The van der Waals surface area contributed by atoms with Gasteiger partial charge in [0.15, 0.2) is 0 Å². The van der Waals surface area contributed by atoms with Crippen LogP contribution in [0, 0.1) is 0 Å². The van der Waals surface area contributed by atoms with E-state index in [1.807, 2.05) is 25.1 Å². The van der Waals surface area contributed by atoms with Crippen LogP contribution in [-0.4, -0.2) is 6.61 Å². The molecule has 2 aromatic carbocycles. The molecule has 0 fully saturated rings. The van der Waals surface area contributed by atoms with Crippen LogP contribution in [0.3, 0.4) is 0 Å². The molecule has 2 aromatic rings. The topological polar surface area (TPSA) is 9.23 Å². The standard InChI is InChI=1S/C17H18BrClO/c1-3-12-5-7-13(8-6-12)17(19)15-11-14(18)9-10-16(15)20-4-2/h5-11,17H,3-4H2,1-2H3. The van der Waals surface area contributed by atoms with Crippen molar-refractivity contribution in [2.75, 3.05) is 6.61 Å². The van der Waals surface area contributed by atoms with Crippen molar-refractivity contribution < 1.29 is 4.74 Å². The van der Waals surface area contributed by atoms with E-state index in [-0.39, 0.29) is 5.38 Å². The molecule has 0 aliphatic carbocycles. The maximum atomic E-state index is 6.64. The molecule has 2 rings (SSSR count). The lowest BCUT2D eigenvalue weighted by Gasteiger charge is -2.16. The van der Waals surface area contributed by atoms with E-state index in [0.717, 1.165) is 27.8 Å². The predicted molar refractivity (Wildman–Crippen MR) is 88.8 cm³/mol. The molecule has 0 aromatic heterocycles. The highest BCUT2D eigenvalue weighted by atomic mass is 79.9. The van der Waals surface area contributed by atoms with Crippen molar-refractivity contribution >= 4 is 27.5 Å². The minimum Gasteiger partial charge on any atom is -0.494 e. The summed E-state index contributed by atoms with van der Waals surface area (Å²) in [4.78, 5) is 0. The molecule has 0 spiro atoms. The van der Waals surface area contributed by atoms with E-state index >= 15 is 0 Å². The lowest BCUT2D eigenvalue weighted by molar-refractivity contribution is 0.337. The van der Waals surface area contributed by atoms with Gasteiger partial charge in [-0.3, -0.25) is 0 Å². The van der Waals surface area contributed by atoms with Crippen LogP contribution in [0.4, 0.5) is 0 Å². The average molecular weight is 354 g/mol. The molecule has 1 unspecified atom stereocenters. The Morgan fingerprint density at radius 2 is 1.80 bits per heavy atom. The number of hydrogen-bond acceptors (Lipinski definition) is 1. The fourth-order valence-electron chi connectivity index (χ4n) is 2.11. The molecule has 1 atom stereocenters. The highest BCUT2D eigenvalue weighted by Gasteiger charge is 2.16. The SMILES string of the molecule is CCOc1ccc(Br)cc1C(Cl)c1ccc(CC)cc1. The highest BCUT2D eigenvalue weighted by Crippen LogP contribution is 2.36. The lowest BCUT2D eigenvalue weighted by Crippen LogP contribution is -2.00. The van der Waals surface area contributed by atoms with Gasteiger partial charge in [-0.05, 0) is 42.7 Å². The van der Waals surface area contributed by atoms with E-state index in [4.69, 9.17) is 16.3 Å². The molecular formula is C17H18BrClO. The fourth-order valence-corrected chi connectivity index (χ4v) is 2.80. The van der Waals surface area contributed by atoms with E-state index in [2.05, 4.69) is 47.1 Å². The number of benzene rings is 2. The van der Waals surface area contributed by atoms with Crippen LogP contribution in [0.5, 0.6) is 5.75 Å². The Balaban J connectivity index is 2.35. The Morgan fingerprint density at radius 1 is 1.10 bits per heavy atom. The van der Waals surface area contributed by atoms with Crippen molar-refractivity contribution in [2.24, 2.45) is 0 Å². The summed E-state index contributed by atoms with van der Waals surface area (Å²) < 4.78 is 6.68. The number of aryl methyl sites for hydroxylation is 1. The number of ether oxygens (including phenoxy) is 1. The first-order valence-electron chi connectivity index (χ1n) is 6.80. The maximum Gasteiger partial charge on any atom is 0.124 e. The van der Waals surface area contributed by atoms with E-state index in [9.17, 15) is 0 Å². The Hall–Kier alpha value is -0.990. The van der Waals surface area contributed by atoms with Gasteiger partial charge < -0.3 is 4.74 Å². The number of halogens is 2. The van der Waals surface area contributed by atoms with E-state index in [1.165, 1.54) is 5.56 Å². The molecule has 0 radical (unpaired) electrons. The van der Waals surface area contributed by atoms with Crippen molar-refractivity contribution in [1.29, 1.82) is 0 Å². The third-order valence-corrected chi connectivity index (χ3v) is 4.21.